The van der Waals surface area contributed by atoms with Gasteiger partial charge in [-0.3, -0.25) is 0 Å². The van der Waals surface area contributed by atoms with E-state index in [4.69, 9.17) is 4.74 Å². The SMILES string of the molecule is CCOC(=O)c1cccc(C2=CCCC=C2Cn2c(C)c(C)c3cc(C(=O)O)ccc32)c1. The summed E-state index contributed by atoms with van der Waals surface area (Å²) in [7, 11) is 0. The topological polar surface area (TPSA) is 68.5 Å². The van der Waals surface area contributed by atoms with Crippen molar-refractivity contribution in [1.29, 1.82) is 0 Å². The van der Waals surface area contributed by atoms with E-state index < -0.39 is 5.97 Å². The van der Waals surface area contributed by atoms with Gasteiger partial charge in [-0.1, -0.05) is 24.3 Å². The number of carboxylic acid groups (broad SMARTS) is 1. The van der Waals surface area contributed by atoms with Gasteiger partial charge < -0.3 is 14.4 Å². The Kier molecular flexibility index (Phi) is 5.99. The molecule has 0 spiro atoms. The third-order valence-electron chi connectivity index (χ3n) is 6.15. The lowest BCUT2D eigenvalue weighted by molar-refractivity contribution is 0.0525. The summed E-state index contributed by atoms with van der Waals surface area (Å²) < 4.78 is 7.41. The summed E-state index contributed by atoms with van der Waals surface area (Å²) in [6, 6.07) is 12.9. The molecule has 0 saturated carbocycles. The van der Waals surface area contributed by atoms with E-state index in [1.807, 2.05) is 31.2 Å². The molecule has 0 amide bonds. The highest BCUT2D eigenvalue weighted by molar-refractivity contribution is 5.96. The minimum atomic E-state index is -0.918. The number of hydrogen-bond donors (Lipinski definition) is 1. The molecular formula is C27H27NO4. The molecule has 0 radical (unpaired) electrons. The molecule has 164 valence electrons. The van der Waals surface area contributed by atoms with Gasteiger partial charge in [0.15, 0.2) is 0 Å². The number of rotatable bonds is 6. The highest BCUT2D eigenvalue weighted by Gasteiger charge is 2.18. The van der Waals surface area contributed by atoms with Crippen molar-refractivity contribution in [2.24, 2.45) is 0 Å². The Morgan fingerprint density at radius 2 is 1.81 bits per heavy atom. The number of aromatic nitrogens is 1. The number of aryl methyl sites for hydroxylation is 1. The molecule has 1 heterocycles. The molecular weight excluding hydrogens is 402 g/mol. The summed E-state index contributed by atoms with van der Waals surface area (Å²) in [5.74, 6) is -1.23. The van der Waals surface area contributed by atoms with Gasteiger partial charge in [-0.2, -0.15) is 0 Å². The maximum Gasteiger partial charge on any atom is 0.338 e. The van der Waals surface area contributed by atoms with Crippen LogP contribution in [0.3, 0.4) is 0 Å². The molecule has 32 heavy (non-hydrogen) atoms. The molecule has 0 bridgehead atoms. The Hall–Kier alpha value is -3.60. The van der Waals surface area contributed by atoms with Crippen LogP contribution in [-0.2, 0) is 11.3 Å². The summed E-state index contributed by atoms with van der Waals surface area (Å²) in [4.78, 5) is 23.6. The van der Waals surface area contributed by atoms with Crippen molar-refractivity contribution < 1.29 is 19.4 Å². The largest absolute Gasteiger partial charge is 0.478 e. The molecule has 1 aromatic heterocycles. The van der Waals surface area contributed by atoms with Gasteiger partial charge in [0, 0.05) is 23.1 Å². The Balaban J connectivity index is 1.71. The zero-order valence-electron chi connectivity index (χ0n) is 18.6. The number of carbonyl (C=O) groups excluding carboxylic acids is 1. The molecule has 3 aromatic rings. The average molecular weight is 430 g/mol. The zero-order chi connectivity index (χ0) is 22.8. The number of allylic oxidation sites excluding steroid dienone is 4. The van der Waals surface area contributed by atoms with Crippen LogP contribution in [-0.4, -0.2) is 28.2 Å². The Labute approximate surface area is 187 Å². The van der Waals surface area contributed by atoms with E-state index in [2.05, 4.69) is 23.6 Å². The van der Waals surface area contributed by atoms with E-state index in [0.717, 1.165) is 46.1 Å². The lowest BCUT2D eigenvalue weighted by Gasteiger charge is -2.20. The number of fused-ring (bicyclic) bond motifs is 1. The van der Waals surface area contributed by atoms with Crippen LogP contribution in [0.25, 0.3) is 16.5 Å². The van der Waals surface area contributed by atoms with Crippen LogP contribution in [0.1, 0.15) is 57.3 Å². The van der Waals surface area contributed by atoms with E-state index >= 15 is 0 Å². The number of benzene rings is 2. The van der Waals surface area contributed by atoms with Crippen LogP contribution in [0.15, 0.2) is 60.2 Å². The first-order chi connectivity index (χ1) is 15.4. The third-order valence-corrected chi connectivity index (χ3v) is 6.15. The molecule has 5 heteroatoms. The number of aromatic carboxylic acids is 1. The van der Waals surface area contributed by atoms with E-state index in [1.54, 1.807) is 25.1 Å². The van der Waals surface area contributed by atoms with Crippen LogP contribution < -0.4 is 0 Å². The van der Waals surface area contributed by atoms with Crippen molar-refractivity contribution in [1.82, 2.24) is 4.57 Å². The first-order valence-electron chi connectivity index (χ1n) is 10.9. The molecule has 0 aliphatic heterocycles. The quantitative estimate of drug-likeness (QED) is 0.493. The first-order valence-corrected chi connectivity index (χ1v) is 10.9. The normalized spacial score (nSPS) is 13.6. The van der Waals surface area contributed by atoms with Crippen LogP contribution >= 0.6 is 0 Å². The molecule has 1 N–H and O–H groups in total. The molecule has 4 rings (SSSR count). The lowest BCUT2D eigenvalue weighted by atomic mass is 9.91. The van der Waals surface area contributed by atoms with Crippen LogP contribution in [0.4, 0.5) is 0 Å². The van der Waals surface area contributed by atoms with Gasteiger partial charge >= 0.3 is 11.9 Å². The van der Waals surface area contributed by atoms with Crippen molar-refractivity contribution in [3.63, 3.8) is 0 Å². The Morgan fingerprint density at radius 3 is 2.56 bits per heavy atom. The fraction of sp³-hybridized carbons (Fsp3) is 0.259. The zero-order valence-corrected chi connectivity index (χ0v) is 18.6. The molecule has 0 fully saturated rings. The van der Waals surface area contributed by atoms with Crippen molar-refractivity contribution in [3.8, 4) is 0 Å². The molecule has 1 aliphatic rings. The fourth-order valence-corrected chi connectivity index (χ4v) is 4.36. The Morgan fingerprint density at radius 1 is 1.03 bits per heavy atom. The average Bonchev–Trinajstić information content (AvgIpc) is 3.04. The fourth-order valence-electron chi connectivity index (χ4n) is 4.36. The summed E-state index contributed by atoms with van der Waals surface area (Å²) in [5.41, 5.74) is 7.41. The van der Waals surface area contributed by atoms with Gasteiger partial charge in [0.05, 0.1) is 17.7 Å². The van der Waals surface area contributed by atoms with E-state index in [0.29, 0.717) is 24.3 Å². The molecule has 0 unspecified atom stereocenters. The smallest absolute Gasteiger partial charge is 0.338 e. The van der Waals surface area contributed by atoms with E-state index in [9.17, 15) is 14.7 Å². The van der Waals surface area contributed by atoms with E-state index in [-0.39, 0.29) is 5.97 Å². The third kappa shape index (κ3) is 3.98. The van der Waals surface area contributed by atoms with Crippen molar-refractivity contribution in [2.45, 2.75) is 40.2 Å². The number of nitrogens with zero attached hydrogens (tertiary/aromatic N) is 1. The number of hydrogen-bond acceptors (Lipinski definition) is 3. The predicted octanol–water partition coefficient (Wildman–Crippen LogP) is 5.94. The summed E-state index contributed by atoms with van der Waals surface area (Å²) in [5, 5.41) is 10.3. The molecule has 0 saturated heterocycles. The lowest BCUT2D eigenvalue weighted by Crippen LogP contribution is -2.08. The first kappa shape index (κ1) is 21.6. The minimum Gasteiger partial charge on any atom is -0.478 e. The minimum absolute atomic E-state index is 0.297. The number of carboxylic acids is 1. The summed E-state index contributed by atoms with van der Waals surface area (Å²) in [6.45, 7) is 6.94. The maximum absolute atomic E-state index is 12.2. The van der Waals surface area contributed by atoms with Gasteiger partial charge in [0.1, 0.15) is 0 Å². The van der Waals surface area contributed by atoms with Crippen molar-refractivity contribution in [2.75, 3.05) is 6.61 Å². The van der Waals surface area contributed by atoms with Crippen molar-refractivity contribution >= 4 is 28.4 Å². The number of esters is 1. The van der Waals surface area contributed by atoms with Crippen LogP contribution in [0, 0.1) is 13.8 Å². The number of ether oxygens (including phenoxy) is 1. The second kappa shape index (κ2) is 8.87. The Bertz CT molecular complexity index is 1280. The molecule has 1 aliphatic carbocycles. The summed E-state index contributed by atoms with van der Waals surface area (Å²) in [6.07, 6.45) is 6.42. The highest BCUT2D eigenvalue weighted by Crippen LogP contribution is 2.33. The number of carbonyl (C=O) groups is 2. The maximum atomic E-state index is 12.2. The van der Waals surface area contributed by atoms with Gasteiger partial charge in [0.25, 0.3) is 0 Å². The van der Waals surface area contributed by atoms with Crippen LogP contribution in [0.5, 0.6) is 0 Å². The predicted molar refractivity (Wildman–Crippen MR) is 126 cm³/mol. The van der Waals surface area contributed by atoms with Gasteiger partial charge in [-0.15, -0.1) is 0 Å². The van der Waals surface area contributed by atoms with Crippen LogP contribution in [0.2, 0.25) is 0 Å². The van der Waals surface area contributed by atoms with Crippen molar-refractivity contribution in [3.05, 3.63) is 88.1 Å². The second-order valence-corrected chi connectivity index (χ2v) is 8.06. The summed E-state index contributed by atoms with van der Waals surface area (Å²) >= 11 is 0. The standard InChI is InChI=1S/C27H27NO4/c1-4-32-27(31)21-10-7-9-19(14-21)23-11-6-5-8-22(23)16-28-18(3)17(2)24-15-20(26(29)30)12-13-25(24)28/h7-15H,4-6,16H2,1-3H3,(H,29,30). The monoisotopic (exact) mass is 429 g/mol. The molecule has 0 atom stereocenters. The highest BCUT2D eigenvalue weighted by atomic mass is 16.5. The molecule has 2 aromatic carbocycles. The van der Waals surface area contributed by atoms with E-state index in [1.165, 1.54) is 5.57 Å². The van der Waals surface area contributed by atoms with Gasteiger partial charge in [-0.05, 0) is 86.2 Å². The second-order valence-electron chi connectivity index (χ2n) is 8.06. The molecule has 5 nitrogen and oxygen atoms in total. The van der Waals surface area contributed by atoms with Gasteiger partial charge in [-0.25, -0.2) is 9.59 Å². The van der Waals surface area contributed by atoms with Gasteiger partial charge in [0.2, 0.25) is 0 Å².